The van der Waals surface area contributed by atoms with E-state index in [1.807, 2.05) is 6.07 Å². The Hall–Kier alpha value is -1.20. The van der Waals surface area contributed by atoms with Gasteiger partial charge in [-0.25, -0.2) is 9.37 Å². The topological polar surface area (TPSA) is 54.7 Å². The molecule has 0 atom stereocenters. The summed E-state index contributed by atoms with van der Waals surface area (Å²) in [6.45, 7) is 0.730. The van der Waals surface area contributed by atoms with Gasteiger partial charge < -0.3 is 10.7 Å². The molecule has 0 radical (unpaired) electrons. The highest BCUT2D eigenvalue weighted by molar-refractivity contribution is 9.10. The number of benzene rings is 1. The van der Waals surface area contributed by atoms with E-state index >= 15 is 0 Å². The minimum Gasteiger partial charge on any atom is -0.342 e. The molecule has 2 aromatic rings. The number of H-pyrrole nitrogens is 1. The van der Waals surface area contributed by atoms with Crippen LogP contribution in [0.15, 0.2) is 28.9 Å². The zero-order valence-corrected chi connectivity index (χ0v) is 12.2. The summed E-state index contributed by atoms with van der Waals surface area (Å²) in [5, 5.41) is 0. The lowest BCUT2D eigenvalue weighted by atomic mass is 10.1. The zero-order chi connectivity index (χ0) is 13.7. The van der Waals surface area contributed by atoms with Crippen molar-refractivity contribution in [2.24, 2.45) is 5.73 Å². The maximum Gasteiger partial charge on any atom is 0.133 e. The van der Waals surface area contributed by atoms with Crippen LogP contribution < -0.4 is 5.73 Å². The average Bonchev–Trinajstić information content (AvgIpc) is 2.83. The Morgan fingerprint density at radius 1 is 1.26 bits per heavy atom. The summed E-state index contributed by atoms with van der Waals surface area (Å²) < 4.78 is 14.5. The minimum absolute atomic E-state index is 0.257. The van der Waals surface area contributed by atoms with Crippen molar-refractivity contribution in [2.75, 3.05) is 6.54 Å². The van der Waals surface area contributed by atoms with E-state index in [0.29, 0.717) is 5.56 Å². The molecule has 102 valence electrons. The summed E-state index contributed by atoms with van der Waals surface area (Å²) in [4.78, 5) is 7.46. The van der Waals surface area contributed by atoms with Gasteiger partial charge in [0.05, 0.1) is 11.9 Å². The van der Waals surface area contributed by atoms with Crippen molar-refractivity contribution in [3.05, 3.63) is 40.5 Å². The number of aromatic nitrogens is 2. The lowest BCUT2D eigenvalue weighted by Crippen LogP contribution is -1.98. The molecule has 0 saturated heterocycles. The van der Waals surface area contributed by atoms with E-state index in [9.17, 15) is 4.39 Å². The Morgan fingerprint density at radius 2 is 2.11 bits per heavy atom. The van der Waals surface area contributed by atoms with Crippen LogP contribution in [0.25, 0.3) is 11.3 Å². The Morgan fingerprint density at radius 3 is 2.84 bits per heavy atom. The third-order valence-corrected chi connectivity index (χ3v) is 3.46. The van der Waals surface area contributed by atoms with Crippen molar-refractivity contribution in [2.45, 2.75) is 25.7 Å². The second kappa shape index (κ2) is 6.82. The lowest BCUT2D eigenvalue weighted by Gasteiger charge is -2.01. The summed E-state index contributed by atoms with van der Waals surface area (Å²) in [6.07, 6.45) is 5.74. The van der Waals surface area contributed by atoms with E-state index < -0.39 is 0 Å². The van der Waals surface area contributed by atoms with Crippen LogP contribution in [-0.2, 0) is 6.42 Å². The van der Waals surface area contributed by atoms with Crippen LogP contribution in [0.2, 0.25) is 0 Å². The summed E-state index contributed by atoms with van der Waals surface area (Å²) in [5.41, 5.74) is 6.71. The quantitative estimate of drug-likeness (QED) is 0.796. The number of hydrogen-bond acceptors (Lipinski definition) is 2. The first-order chi connectivity index (χ1) is 9.20. The van der Waals surface area contributed by atoms with Gasteiger partial charge in [-0.1, -0.05) is 22.4 Å². The number of hydrogen-bond donors (Lipinski definition) is 2. The predicted molar refractivity (Wildman–Crippen MR) is 78.3 cm³/mol. The van der Waals surface area contributed by atoms with Crippen molar-refractivity contribution in [3.8, 4) is 11.3 Å². The first kappa shape index (κ1) is 14.2. The highest BCUT2D eigenvalue weighted by Gasteiger charge is 2.08. The molecule has 0 aliphatic carbocycles. The lowest BCUT2D eigenvalue weighted by molar-refractivity contribution is 0.630. The Balaban J connectivity index is 2.04. The fraction of sp³-hybridized carbons (Fsp3) is 0.357. The molecular weight excluding hydrogens is 309 g/mol. The second-order valence-electron chi connectivity index (χ2n) is 4.47. The SMILES string of the molecule is NCCCCCc1ncc(-c2ccc(Br)cc2F)[nH]1. The van der Waals surface area contributed by atoms with Gasteiger partial charge in [0, 0.05) is 16.5 Å². The predicted octanol–water partition coefficient (Wildman–Crippen LogP) is 3.65. The van der Waals surface area contributed by atoms with Crippen LogP contribution in [0, 0.1) is 5.82 Å². The van der Waals surface area contributed by atoms with Crippen molar-refractivity contribution >= 4 is 15.9 Å². The van der Waals surface area contributed by atoms with Gasteiger partial charge in [0.2, 0.25) is 0 Å². The number of nitrogens with zero attached hydrogens (tertiary/aromatic N) is 1. The molecule has 3 N–H and O–H groups in total. The smallest absolute Gasteiger partial charge is 0.133 e. The van der Waals surface area contributed by atoms with E-state index in [2.05, 4.69) is 25.9 Å². The molecule has 1 aromatic carbocycles. The van der Waals surface area contributed by atoms with Gasteiger partial charge >= 0.3 is 0 Å². The first-order valence-corrected chi connectivity index (χ1v) is 7.19. The van der Waals surface area contributed by atoms with Crippen molar-refractivity contribution in [3.63, 3.8) is 0 Å². The van der Waals surface area contributed by atoms with Crippen molar-refractivity contribution in [1.29, 1.82) is 0 Å². The Kier molecular flexibility index (Phi) is 5.10. The van der Waals surface area contributed by atoms with E-state index in [-0.39, 0.29) is 5.82 Å². The molecule has 1 aromatic heterocycles. The van der Waals surface area contributed by atoms with Crippen LogP contribution in [0.5, 0.6) is 0 Å². The second-order valence-corrected chi connectivity index (χ2v) is 5.38. The van der Waals surface area contributed by atoms with Gasteiger partial charge in [0.1, 0.15) is 11.6 Å². The van der Waals surface area contributed by atoms with Crippen LogP contribution in [0.1, 0.15) is 25.1 Å². The van der Waals surface area contributed by atoms with Gasteiger partial charge in [-0.15, -0.1) is 0 Å². The summed E-state index contributed by atoms with van der Waals surface area (Å²) in [5.74, 6) is 0.641. The summed E-state index contributed by atoms with van der Waals surface area (Å²) >= 11 is 3.25. The molecule has 1 heterocycles. The van der Waals surface area contributed by atoms with Crippen molar-refractivity contribution < 1.29 is 4.39 Å². The van der Waals surface area contributed by atoms with Gasteiger partial charge in [-0.2, -0.15) is 0 Å². The number of aryl methyl sites for hydroxylation is 1. The number of rotatable bonds is 6. The third-order valence-electron chi connectivity index (χ3n) is 2.97. The average molecular weight is 326 g/mol. The standard InChI is InChI=1S/C14H17BrFN3/c15-10-5-6-11(12(16)8-10)13-9-18-14(19-13)4-2-1-3-7-17/h5-6,8-9H,1-4,7,17H2,(H,18,19). The molecule has 0 saturated carbocycles. The zero-order valence-electron chi connectivity index (χ0n) is 10.6. The molecular formula is C14H17BrFN3. The van der Waals surface area contributed by atoms with Gasteiger partial charge in [-0.05, 0) is 37.6 Å². The Bertz CT molecular complexity index is 539. The maximum absolute atomic E-state index is 13.8. The van der Waals surface area contributed by atoms with Crippen LogP contribution in [-0.4, -0.2) is 16.5 Å². The largest absolute Gasteiger partial charge is 0.342 e. The molecule has 0 aliphatic heterocycles. The summed E-state index contributed by atoms with van der Waals surface area (Å²) in [7, 11) is 0. The molecule has 0 unspecified atom stereocenters. The van der Waals surface area contributed by atoms with E-state index in [4.69, 9.17) is 5.73 Å². The van der Waals surface area contributed by atoms with Gasteiger partial charge in [0.15, 0.2) is 0 Å². The molecule has 0 spiro atoms. The normalized spacial score (nSPS) is 10.9. The van der Waals surface area contributed by atoms with Crippen molar-refractivity contribution in [1.82, 2.24) is 9.97 Å². The highest BCUT2D eigenvalue weighted by Crippen LogP contribution is 2.24. The van der Waals surface area contributed by atoms with Gasteiger partial charge in [-0.3, -0.25) is 0 Å². The number of nitrogens with one attached hydrogen (secondary N) is 1. The fourth-order valence-electron chi connectivity index (χ4n) is 1.95. The highest BCUT2D eigenvalue weighted by atomic mass is 79.9. The van der Waals surface area contributed by atoms with E-state index in [1.165, 1.54) is 6.07 Å². The molecule has 2 rings (SSSR count). The van der Waals surface area contributed by atoms with E-state index in [0.717, 1.165) is 48.2 Å². The maximum atomic E-state index is 13.8. The molecule has 0 bridgehead atoms. The monoisotopic (exact) mass is 325 g/mol. The molecule has 0 amide bonds. The van der Waals surface area contributed by atoms with Crippen LogP contribution in [0.3, 0.4) is 0 Å². The fourth-order valence-corrected chi connectivity index (χ4v) is 2.28. The first-order valence-electron chi connectivity index (χ1n) is 6.40. The number of halogens is 2. The molecule has 3 nitrogen and oxygen atoms in total. The number of imidazole rings is 1. The number of unbranched alkanes of at least 4 members (excludes halogenated alkanes) is 2. The van der Waals surface area contributed by atoms with E-state index in [1.54, 1.807) is 12.3 Å². The number of nitrogens with two attached hydrogens (primary N) is 1. The molecule has 0 fully saturated rings. The third kappa shape index (κ3) is 3.88. The molecule has 19 heavy (non-hydrogen) atoms. The molecule has 5 heteroatoms. The molecule has 0 aliphatic rings. The Labute approximate surface area is 120 Å². The van der Waals surface area contributed by atoms with Gasteiger partial charge in [0.25, 0.3) is 0 Å². The number of aromatic amines is 1. The summed E-state index contributed by atoms with van der Waals surface area (Å²) in [6, 6.07) is 5.02. The minimum atomic E-state index is -0.257. The van der Waals surface area contributed by atoms with Crippen LogP contribution >= 0.6 is 15.9 Å². The van der Waals surface area contributed by atoms with Crippen LogP contribution in [0.4, 0.5) is 4.39 Å².